The Morgan fingerprint density at radius 3 is 2.36 bits per heavy atom. The first-order valence-electron chi connectivity index (χ1n) is 7.70. The maximum Gasteiger partial charge on any atom is 0.135 e. The second kappa shape index (κ2) is 8.23. The molecule has 1 atom stereocenters. The predicted octanol–water partition coefficient (Wildman–Crippen LogP) is 4.61. The molecule has 0 fully saturated rings. The predicted molar refractivity (Wildman–Crippen MR) is 90.3 cm³/mol. The normalized spacial score (nSPS) is 11.7. The van der Waals surface area contributed by atoms with E-state index in [1.54, 1.807) is 7.11 Å². The van der Waals surface area contributed by atoms with Crippen LogP contribution < -0.4 is 10.1 Å². The Labute approximate surface area is 132 Å². The number of carbonyl (C=O) groups excluding carboxylic acids is 1. The molecule has 22 heavy (non-hydrogen) atoms. The standard InChI is InChI=1S/C19H23NO2/c1-3-7-17(21)14-19(20-16-8-5-4-6-9-16)15-10-12-18(22-2)13-11-15/h4-6,8-13,19-20H,3,7,14H2,1-2H3. The summed E-state index contributed by atoms with van der Waals surface area (Å²) in [7, 11) is 1.65. The minimum atomic E-state index is -0.0210. The van der Waals surface area contributed by atoms with E-state index in [4.69, 9.17) is 4.74 Å². The molecule has 0 aliphatic carbocycles. The first kappa shape index (κ1) is 16.1. The number of carbonyl (C=O) groups is 1. The molecule has 1 unspecified atom stereocenters. The Kier molecular flexibility index (Phi) is 6.01. The summed E-state index contributed by atoms with van der Waals surface area (Å²) in [5.41, 5.74) is 2.11. The van der Waals surface area contributed by atoms with E-state index in [-0.39, 0.29) is 11.8 Å². The zero-order valence-electron chi connectivity index (χ0n) is 13.2. The molecule has 0 saturated carbocycles. The van der Waals surface area contributed by atoms with Crippen LogP contribution >= 0.6 is 0 Å². The van der Waals surface area contributed by atoms with Crippen molar-refractivity contribution in [2.24, 2.45) is 0 Å². The first-order chi connectivity index (χ1) is 10.7. The van der Waals surface area contributed by atoms with Crippen molar-refractivity contribution in [3.8, 4) is 5.75 Å². The average Bonchev–Trinajstić information content (AvgIpc) is 2.55. The van der Waals surface area contributed by atoms with Crippen LogP contribution in [0.4, 0.5) is 5.69 Å². The van der Waals surface area contributed by atoms with Crippen molar-refractivity contribution in [3.05, 3.63) is 60.2 Å². The highest BCUT2D eigenvalue weighted by molar-refractivity contribution is 5.79. The van der Waals surface area contributed by atoms with Crippen LogP contribution in [0.25, 0.3) is 0 Å². The van der Waals surface area contributed by atoms with Gasteiger partial charge in [-0.25, -0.2) is 0 Å². The van der Waals surface area contributed by atoms with Gasteiger partial charge in [-0.2, -0.15) is 0 Å². The summed E-state index contributed by atoms with van der Waals surface area (Å²) in [5, 5.41) is 3.46. The summed E-state index contributed by atoms with van der Waals surface area (Å²) < 4.78 is 5.20. The number of hydrogen-bond acceptors (Lipinski definition) is 3. The van der Waals surface area contributed by atoms with E-state index in [1.807, 2.05) is 61.5 Å². The van der Waals surface area contributed by atoms with Crippen molar-refractivity contribution in [2.45, 2.75) is 32.2 Å². The Balaban J connectivity index is 2.17. The molecule has 0 aromatic heterocycles. The van der Waals surface area contributed by atoms with E-state index in [1.165, 1.54) is 0 Å². The quantitative estimate of drug-likeness (QED) is 0.773. The number of ketones is 1. The third kappa shape index (κ3) is 4.62. The van der Waals surface area contributed by atoms with Gasteiger partial charge in [0, 0.05) is 18.5 Å². The zero-order valence-corrected chi connectivity index (χ0v) is 13.2. The number of benzene rings is 2. The lowest BCUT2D eigenvalue weighted by molar-refractivity contribution is -0.119. The molecular weight excluding hydrogens is 274 g/mol. The second-order valence-corrected chi connectivity index (χ2v) is 5.33. The molecule has 0 aliphatic heterocycles. The van der Waals surface area contributed by atoms with Crippen LogP contribution in [0.3, 0.4) is 0 Å². The number of nitrogens with one attached hydrogen (secondary N) is 1. The Bertz CT molecular complexity index is 578. The largest absolute Gasteiger partial charge is 0.497 e. The number of para-hydroxylation sites is 1. The lowest BCUT2D eigenvalue weighted by Crippen LogP contribution is -2.15. The van der Waals surface area contributed by atoms with Crippen molar-refractivity contribution >= 4 is 11.5 Å². The minimum Gasteiger partial charge on any atom is -0.497 e. The fraction of sp³-hybridized carbons (Fsp3) is 0.316. The van der Waals surface area contributed by atoms with Gasteiger partial charge in [0.2, 0.25) is 0 Å². The number of rotatable bonds is 8. The van der Waals surface area contributed by atoms with Crippen molar-refractivity contribution in [1.29, 1.82) is 0 Å². The molecule has 3 nitrogen and oxygen atoms in total. The minimum absolute atomic E-state index is 0.0210. The maximum atomic E-state index is 12.1. The maximum absolute atomic E-state index is 12.1. The summed E-state index contributed by atoms with van der Waals surface area (Å²) in [6.07, 6.45) is 2.01. The van der Waals surface area contributed by atoms with Crippen LogP contribution in [0, 0.1) is 0 Å². The van der Waals surface area contributed by atoms with E-state index in [2.05, 4.69) is 5.32 Å². The lowest BCUT2D eigenvalue weighted by Gasteiger charge is -2.20. The van der Waals surface area contributed by atoms with Gasteiger partial charge in [0.25, 0.3) is 0 Å². The second-order valence-electron chi connectivity index (χ2n) is 5.33. The third-order valence-corrected chi connectivity index (χ3v) is 3.59. The molecular formula is C19H23NO2. The van der Waals surface area contributed by atoms with E-state index in [0.717, 1.165) is 23.4 Å². The monoisotopic (exact) mass is 297 g/mol. The van der Waals surface area contributed by atoms with Crippen LogP contribution in [-0.2, 0) is 4.79 Å². The molecule has 2 aromatic carbocycles. The number of Topliss-reactive ketones (excluding diaryl/α,β-unsaturated/α-hetero) is 1. The van der Waals surface area contributed by atoms with Gasteiger partial charge in [-0.1, -0.05) is 37.3 Å². The fourth-order valence-corrected chi connectivity index (χ4v) is 2.43. The van der Waals surface area contributed by atoms with Gasteiger partial charge in [0.1, 0.15) is 11.5 Å². The lowest BCUT2D eigenvalue weighted by atomic mass is 9.99. The molecule has 116 valence electrons. The van der Waals surface area contributed by atoms with E-state index in [0.29, 0.717) is 12.8 Å². The van der Waals surface area contributed by atoms with Crippen molar-refractivity contribution in [3.63, 3.8) is 0 Å². The number of anilines is 1. The molecule has 2 rings (SSSR count). The van der Waals surface area contributed by atoms with Crippen molar-refractivity contribution in [1.82, 2.24) is 0 Å². The summed E-state index contributed by atoms with van der Waals surface area (Å²) in [6, 6.07) is 17.9. The Morgan fingerprint density at radius 2 is 1.77 bits per heavy atom. The highest BCUT2D eigenvalue weighted by atomic mass is 16.5. The van der Waals surface area contributed by atoms with Gasteiger partial charge in [0.15, 0.2) is 0 Å². The van der Waals surface area contributed by atoms with E-state index < -0.39 is 0 Å². The average molecular weight is 297 g/mol. The molecule has 0 saturated heterocycles. The van der Waals surface area contributed by atoms with Gasteiger partial charge < -0.3 is 10.1 Å². The fourth-order valence-electron chi connectivity index (χ4n) is 2.43. The Hall–Kier alpha value is -2.29. The summed E-state index contributed by atoms with van der Waals surface area (Å²) >= 11 is 0. The van der Waals surface area contributed by atoms with Gasteiger partial charge >= 0.3 is 0 Å². The molecule has 2 aromatic rings. The van der Waals surface area contributed by atoms with Gasteiger partial charge in [-0.05, 0) is 36.2 Å². The number of hydrogen-bond donors (Lipinski definition) is 1. The molecule has 3 heteroatoms. The van der Waals surface area contributed by atoms with Crippen LogP contribution in [0.5, 0.6) is 5.75 Å². The smallest absolute Gasteiger partial charge is 0.135 e. The van der Waals surface area contributed by atoms with Crippen molar-refractivity contribution < 1.29 is 9.53 Å². The molecule has 0 amide bonds. The van der Waals surface area contributed by atoms with Crippen LogP contribution in [-0.4, -0.2) is 12.9 Å². The molecule has 0 spiro atoms. The van der Waals surface area contributed by atoms with Gasteiger partial charge in [0.05, 0.1) is 13.2 Å². The number of ether oxygens (including phenoxy) is 1. The highest BCUT2D eigenvalue weighted by Gasteiger charge is 2.15. The van der Waals surface area contributed by atoms with Crippen LogP contribution in [0.15, 0.2) is 54.6 Å². The number of methoxy groups -OCH3 is 1. The van der Waals surface area contributed by atoms with Crippen LogP contribution in [0.1, 0.15) is 37.8 Å². The Morgan fingerprint density at radius 1 is 1.09 bits per heavy atom. The molecule has 0 heterocycles. The van der Waals surface area contributed by atoms with Crippen molar-refractivity contribution in [2.75, 3.05) is 12.4 Å². The molecule has 0 bridgehead atoms. The summed E-state index contributed by atoms with van der Waals surface area (Å²) in [5.74, 6) is 1.11. The third-order valence-electron chi connectivity index (χ3n) is 3.59. The molecule has 0 aliphatic rings. The van der Waals surface area contributed by atoms with Gasteiger partial charge in [-0.15, -0.1) is 0 Å². The van der Waals surface area contributed by atoms with Crippen LogP contribution in [0.2, 0.25) is 0 Å². The van der Waals surface area contributed by atoms with E-state index >= 15 is 0 Å². The highest BCUT2D eigenvalue weighted by Crippen LogP contribution is 2.25. The molecule has 0 radical (unpaired) electrons. The summed E-state index contributed by atoms with van der Waals surface area (Å²) in [6.45, 7) is 2.03. The zero-order chi connectivity index (χ0) is 15.8. The summed E-state index contributed by atoms with van der Waals surface area (Å²) in [4.78, 5) is 12.1. The SMILES string of the molecule is CCCC(=O)CC(Nc1ccccc1)c1ccc(OC)cc1. The van der Waals surface area contributed by atoms with E-state index in [9.17, 15) is 4.79 Å². The topological polar surface area (TPSA) is 38.3 Å². The first-order valence-corrected chi connectivity index (χ1v) is 7.70. The molecule has 1 N–H and O–H groups in total. The van der Waals surface area contributed by atoms with Gasteiger partial charge in [-0.3, -0.25) is 4.79 Å².